The lowest BCUT2D eigenvalue weighted by Crippen LogP contribution is -2.49. The Morgan fingerprint density at radius 1 is 1.19 bits per heavy atom. The maximum Gasteiger partial charge on any atom is 0.245 e. The van der Waals surface area contributed by atoms with Crippen LogP contribution in [0.3, 0.4) is 0 Å². The summed E-state index contributed by atoms with van der Waals surface area (Å²) in [6, 6.07) is 7.29. The van der Waals surface area contributed by atoms with E-state index in [2.05, 4.69) is 28.1 Å². The molecule has 0 spiro atoms. The van der Waals surface area contributed by atoms with Gasteiger partial charge in [-0.1, -0.05) is 24.3 Å². The van der Waals surface area contributed by atoms with E-state index in [0.717, 1.165) is 19.3 Å². The van der Waals surface area contributed by atoms with Crippen molar-refractivity contribution in [1.29, 1.82) is 0 Å². The number of fused-ring (bicyclic) bond motifs is 1. The third-order valence-electron chi connectivity index (χ3n) is 5.48. The quantitative estimate of drug-likeness (QED) is 0.678. The summed E-state index contributed by atoms with van der Waals surface area (Å²) < 4.78 is 0. The second-order valence-electron chi connectivity index (χ2n) is 7.33. The van der Waals surface area contributed by atoms with Crippen molar-refractivity contribution in [2.24, 2.45) is 0 Å². The average Bonchev–Trinajstić information content (AvgIpc) is 3.01. The molecule has 2 aliphatic rings. The molecule has 3 atom stereocenters. The van der Waals surface area contributed by atoms with E-state index in [-0.39, 0.29) is 36.3 Å². The Kier molecular flexibility index (Phi) is 6.11. The van der Waals surface area contributed by atoms with E-state index in [1.54, 1.807) is 14.0 Å². The number of nitrogens with zero attached hydrogens (tertiary/aromatic N) is 1. The first-order valence-electron chi connectivity index (χ1n) is 9.63. The first kappa shape index (κ1) is 19.4. The Labute approximate surface area is 159 Å². The van der Waals surface area contributed by atoms with Gasteiger partial charge in [0, 0.05) is 6.54 Å². The fraction of sp³-hybridized carbons (Fsp3) is 0.550. The van der Waals surface area contributed by atoms with Gasteiger partial charge in [0.2, 0.25) is 17.7 Å². The second kappa shape index (κ2) is 8.52. The van der Waals surface area contributed by atoms with Gasteiger partial charge in [0.25, 0.3) is 0 Å². The summed E-state index contributed by atoms with van der Waals surface area (Å²) >= 11 is 0. The number of rotatable bonds is 6. The summed E-state index contributed by atoms with van der Waals surface area (Å²) in [6.07, 6.45) is 3.53. The largest absolute Gasteiger partial charge is 0.348 e. The van der Waals surface area contributed by atoms with E-state index >= 15 is 0 Å². The number of benzene rings is 1. The summed E-state index contributed by atoms with van der Waals surface area (Å²) in [5.41, 5.74) is 2.46. The first-order chi connectivity index (χ1) is 13.0. The van der Waals surface area contributed by atoms with Crippen LogP contribution in [0.1, 0.15) is 43.4 Å². The lowest BCUT2D eigenvalue weighted by atomic mass is 9.88. The zero-order chi connectivity index (χ0) is 19.4. The van der Waals surface area contributed by atoms with Crippen molar-refractivity contribution in [2.45, 2.75) is 50.7 Å². The van der Waals surface area contributed by atoms with Gasteiger partial charge in [-0.15, -0.1) is 0 Å². The summed E-state index contributed by atoms with van der Waals surface area (Å²) in [4.78, 5) is 38.5. The topological polar surface area (TPSA) is 90.5 Å². The van der Waals surface area contributed by atoms with Gasteiger partial charge in [0.15, 0.2) is 0 Å². The summed E-state index contributed by atoms with van der Waals surface area (Å²) in [5, 5.41) is 8.68. The standard InChI is InChI=1S/C20H28N4O3/c1-13(21-2)19(26)23-17-10-11-24(20(17)27)12-18(25)22-16-9-5-7-14-6-3-4-8-15(14)16/h3-4,6,8,13,16-17,21H,5,7,9-12H2,1-2H3,(H,22,25)(H,23,26)/t13-,16?,17-/m0/s1. The van der Waals surface area contributed by atoms with Crippen molar-refractivity contribution in [3.63, 3.8) is 0 Å². The number of amides is 3. The highest BCUT2D eigenvalue weighted by Crippen LogP contribution is 2.29. The lowest BCUT2D eigenvalue weighted by molar-refractivity contribution is -0.136. The summed E-state index contributed by atoms with van der Waals surface area (Å²) in [5.74, 6) is -0.549. The Balaban J connectivity index is 1.53. The van der Waals surface area contributed by atoms with E-state index in [1.807, 2.05) is 12.1 Å². The predicted molar refractivity (Wildman–Crippen MR) is 102 cm³/mol. The molecule has 1 unspecified atom stereocenters. The van der Waals surface area contributed by atoms with Crippen LogP contribution in [-0.4, -0.2) is 54.8 Å². The van der Waals surface area contributed by atoms with Crippen LogP contribution in [0.2, 0.25) is 0 Å². The third kappa shape index (κ3) is 4.47. The maximum absolute atomic E-state index is 12.5. The zero-order valence-corrected chi connectivity index (χ0v) is 16.0. The Morgan fingerprint density at radius 2 is 1.96 bits per heavy atom. The highest BCUT2D eigenvalue weighted by Gasteiger charge is 2.34. The minimum absolute atomic E-state index is 0.00660. The van der Waals surface area contributed by atoms with Gasteiger partial charge in [-0.05, 0) is 50.8 Å². The lowest BCUT2D eigenvalue weighted by Gasteiger charge is -2.27. The molecule has 27 heavy (non-hydrogen) atoms. The van der Waals surface area contributed by atoms with Gasteiger partial charge in [-0.3, -0.25) is 14.4 Å². The van der Waals surface area contributed by atoms with Crippen molar-refractivity contribution < 1.29 is 14.4 Å². The fourth-order valence-corrected chi connectivity index (χ4v) is 3.77. The number of nitrogens with one attached hydrogen (secondary N) is 3. The normalized spacial score (nSPS) is 22.9. The van der Waals surface area contributed by atoms with Crippen molar-refractivity contribution in [1.82, 2.24) is 20.9 Å². The van der Waals surface area contributed by atoms with Crippen LogP contribution in [-0.2, 0) is 20.8 Å². The van der Waals surface area contributed by atoms with Crippen molar-refractivity contribution in [3.05, 3.63) is 35.4 Å². The monoisotopic (exact) mass is 372 g/mol. The minimum Gasteiger partial charge on any atom is -0.348 e. The molecule has 0 aromatic heterocycles. The molecular formula is C20H28N4O3. The van der Waals surface area contributed by atoms with Crippen LogP contribution < -0.4 is 16.0 Å². The van der Waals surface area contributed by atoms with E-state index in [9.17, 15) is 14.4 Å². The van der Waals surface area contributed by atoms with Crippen LogP contribution in [0, 0.1) is 0 Å². The van der Waals surface area contributed by atoms with Crippen LogP contribution in [0.5, 0.6) is 0 Å². The van der Waals surface area contributed by atoms with Crippen LogP contribution in [0.15, 0.2) is 24.3 Å². The minimum atomic E-state index is -0.545. The molecule has 0 bridgehead atoms. The van der Waals surface area contributed by atoms with Crippen molar-refractivity contribution >= 4 is 17.7 Å². The number of hydrogen-bond donors (Lipinski definition) is 3. The second-order valence-corrected chi connectivity index (χ2v) is 7.33. The Morgan fingerprint density at radius 3 is 2.74 bits per heavy atom. The van der Waals surface area contributed by atoms with Gasteiger partial charge >= 0.3 is 0 Å². The van der Waals surface area contributed by atoms with Crippen LogP contribution >= 0.6 is 0 Å². The van der Waals surface area contributed by atoms with Gasteiger partial charge in [0.05, 0.1) is 18.6 Å². The van der Waals surface area contributed by atoms with E-state index in [0.29, 0.717) is 13.0 Å². The molecule has 3 N–H and O–H groups in total. The number of carbonyl (C=O) groups excluding carboxylic acids is 3. The Hall–Kier alpha value is -2.41. The molecular weight excluding hydrogens is 344 g/mol. The molecule has 1 fully saturated rings. The van der Waals surface area contributed by atoms with Crippen LogP contribution in [0.25, 0.3) is 0 Å². The summed E-state index contributed by atoms with van der Waals surface area (Å²) in [6.45, 7) is 2.25. The van der Waals surface area contributed by atoms with Gasteiger partial charge in [-0.25, -0.2) is 0 Å². The SMILES string of the molecule is CN[C@@H](C)C(=O)N[C@H]1CCN(CC(=O)NC2CCCc3ccccc32)C1=O. The molecule has 146 valence electrons. The van der Waals surface area contributed by atoms with Crippen molar-refractivity contribution in [2.75, 3.05) is 20.1 Å². The van der Waals surface area contributed by atoms with E-state index < -0.39 is 6.04 Å². The molecule has 1 aliphatic heterocycles. The highest BCUT2D eigenvalue weighted by atomic mass is 16.2. The number of carbonyl (C=O) groups is 3. The molecule has 3 amide bonds. The van der Waals surface area contributed by atoms with Crippen LogP contribution in [0.4, 0.5) is 0 Å². The molecule has 0 saturated carbocycles. The molecule has 1 aliphatic carbocycles. The Bertz CT molecular complexity index is 721. The molecule has 7 heteroatoms. The fourth-order valence-electron chi connectivity index (χ4n) is 3.77. The zero-order valence-electron chi connectivity index (χ0n) is 16.0. The maximum atomic E-state index is 12.5. The molecule has 1 aromatic rings. The third-order valence-corrected chi connectivity index (χ3v) is 5.48. The molecule has 0 radical (unpaired) electrons. The first-order valence-corrected chi connectivity index (χ1v) is 9.63. The molecule has 1 saturated heterocycles. The molecule has 3 rings (SSSR count). The highest BCUT2D eigenvalue weighted by molar-refractivity contribution is 5.93. The summed E-state index contributed by atoms with van der Waals surface area (Å²) in [7, 11) is 1.70. The number of likely N-dealkylation sites (tertiary alicyclic amines) is 1. The molecule has 7 nitrogen and oxygen atoms in total. The number of aryl methyl sites for hydroxylation is 1. The average molecular weight is 372 g/mol. The van der Waals surface area contributed by atoms with Gasteiger partial charge < -0.3 is 20.9 Å². The number of hydrogen-bond acceptors (Lipinski definition) is 4. The van der Waals surface area contributed by atoms with Gasteiger partial charge in [-0.2, -0.15) is 0 Å². The molecule has 1 aromatic carbocycles. The van der Waals surface area contributed by atoms with E-state index in [4.69, 9.17) is 0 Å². The molecule has 1 heterocycles. The predicted octanol–water partition coefficient (Wildman–Crippen LogP) is 0.505. The smallest absolute Gasteiger partial charge is 0.245 e. The number of likely N-dealkylation sites (N-methyl/N-ethyl adjacent to an activating group) is 1. The van der Waals surface area contributed by atoms with Gasteiger partial charge in [0.1, 0.15) is 6.04 Å². The van der Waals surface area contributed by atoms with E-state index in [1.165, 1.54) is 16.0 Å². The van der Waals surface area contributed by atoms with Crippen molar-refractivity contribution in [3.8, 4) is 0 Å².